The Morgan fingerprint density at radius 2 is 1.06 bits per heavy atom. The predicted molar refractivity (Wildman–Crippen MR) is 131 cm³/mol. The van der Waals surface area contributed by atoms with Gasteiger partial charge in [0, 0.05) is 30.2 Å². The van der Waals surface area contributed by atoms with Crippen LogP contribution in [0.2, 0.25) is 0 Å². The Bertz CT molecular complexity index is 1470. The molecule has 0 unspecified atom stereocenters. The van der Waals surface area contributed by atoms with Crippen LogP contribution in [0.5, 0.6) is 0 Å². The summed E-state index contributed by atoms with van der Waals surface area (Å²) >= 11 is 0. The molecule has 0 saturated heterocycles. The molecule has 0 aliphatic heterocycles. The Labute approximate surface area is 182 Å². The number of anilines is 1. The molecule has 2 aromatic heterocycles. The Hall–Kier alpha value is -3.72. The van der Waals surface area contributed by atoms with Crippen LogP contribution in [0.1, 0.15) is 26.3 Å². The molecule has 0 saturated carbocycles. The van der Waals surface area contributed by atoms with E-state index in [1.165, 1.54) is 37.9 Å². The van der Waals surface area contributed by atoms with E-state index < -0.39 is 0 Å². The molecular formula is C28H25N3. The largest absolute Gasteiger partial charge is 0.249 e. The molecule has 0 aliphatic carbocycles. The summed E-state index contributed by atoms with van der Waals surface area (Å²) in [4.78, 5) is 0. The second-order valence-corrected chi connectivity index (χ2v) is 9.29. The lowest BCUT2D eigenvalue weighted by Crippen LogP contribution is -2.33. The maximum absolute atomic E-state index is 2.31. The van der Waals surface area contributed by atoms with E-state index in [1.807, 2.05) is 0 Å². The van der Waals surface area contributed by atoms with E-state index in [1.54, 1.807) is 0 Å². The summed E-state index contributed by atoms with van der Waals surface area (Å²) < 4.78 is 4.24. The van der Waals surface area contributed by atoms with E-state index in [0.717, 1.165) is 5.69 Å². The molecule has 0 spiro atoms. The van der Waals surface area contributed by atoms with Gasteiger partial charge < -0.3 is 0 Å². The first-order valence-electron chi connectivity index (χ1n) is 10.8. The van der Waals surface area contributed by atoms with Crippen molar-refractivity contribution in [1.82, 2.24) is 9.35 Å². The second-order valence-electron chi connectivity index (χ2n) is 9.29. The fraction of sp³-hybridized carbons (Fsp3) is 0.143. The standard InChI is InChI=1S/C28H25N3/c1-28(2,3)24-14-10-20-9-13-23-25(15-11-21-8-12-22(24)26(20)27(21)23)31(29-16-4-5-17-29)30-18-6-7-19-30/h4-19H,1-3H3. The van der Waals surface area contributed by atoms with Gasteiger partial charge in [0.15, 0.2) is 0 Å². The first-order valence-corrected chi connectivity index (χ1v) is 10.8. The summed E-state index contributed by atoms with van der Waals surface area (Å²) in [5, 5.41) is 10.1. The maximum Gasteiger partial charge on any atom is 0.0902 e. The van der Waals surface area contributed by atoms with E-state index in [4.69, 9.17) is 0 Å². The number of aromatic nitrogens is 2. The smallest absolute Gasteiger partial charge is 0.0902 e. The third-order valence-electron chi connectivity index (χ3n) is 6.28. The minimum Gasteiger partial charge on any atom is -0.249 e. The molecule has 4 aromatic carbocycles. The summed E-state index contributed by atoms with van der Waals surface area (Å²) in [5.41, 5.74) is 2.64. The van der Waals surface area contributed by atoms with Gasteiger partial charge in [-0.2, -0.15) is 5.12 Å². The fourth-order valence-corrected chi connectivity index (χ4v) is 4.89. The monoisotopic (exact) mass is 403 g/mol. The van der Waals surface area contributed by atoms with Crippen molar-refractivity contribution in [2.75, 3.05) is 5.12 Å². The van der Waals surface area contributed by atoms with Crippen molar-refractivity contribution in [3.63, 3.8) is 0 Å². The van der Waals surface area contributed by atoms with Crippen LogP contribution in [0.15, 0.2) is 97.6 Å². The zero-order valence-corrected chi connectivity index (χ0v) is 18.1. The van der Waals surface area contributed by atoms with E-state index in [-0.39, 0.29) is 5.41 Å². The van der Waals surface area contributed by atoms with Gasteiger partial charge in [0.1, 0.15) is 0 Å². The van der Waals surface area contributed by atoms with Crippen LogP contribution in [0.3, 0.4) is 0 Å². The minimum atomic E-state index is 0.0907. The quantitative estimate of drug-likeness (QED) is 0.284. The molecule has 6 aromatic rings. The van der Waals surface area contributed by atoms with Crippen molar-refractivity contribution in [2.45, 2.75) is 26.2 Å². The van der Waals surface area contributed by atoms with Gasteiger partial charge in [0.25, 0.3) is 0 Å². The van der Waals surface area contributed by atoms with Gasteiger partial charge in [0.05, 0.1) is 5.69 Å². The second kappa shape index (κ2) is 6.39. The zero-order valence-electron chi connectivity index (χ0n) is 18.1. The molecule has 0 radical (unpaired) electrons. The van der Waals surface area contributed by atoms with Gasteiger partial charge in [0.2, 0.25) is 0 Å². The SMILES string of the molecule is CC(C)(C)c1ccc2ccc3c(N(n4cccc4)n4cccc4)ccc4ccc1c2c43. The summed E-state index contributed by atoms with van der Waals surface area (Å²) in [5.74, 6) is 0. The summed E-state index contributed by atoms with van der Waals surface area (Å²) in [6, 6.07) is 26.4. The van der Waals surface area contributed by atoms with Gasteiger partial charge >= 0.3 is 0 Å². The van der Waals surface area contributed by atoms with Crippen molar-refractivity contribution in [2.24, 2.45) is 0 Å². The maximum atomic E-state index is 2.31. The number of rotatable bonds is 3. The van der Waals surface area contributed by atoms with Crippen LogP contribution in [0.4, 0.5) is 5.69 Å². The van der Waals surface area contributed by atoms with E-state index in [2.05, 4.69) is 133 Å². The minimum absolute atomic E-state index is 0.0907. The van der Waals surface area contributed by atoms with Crippen LogP contribution in [0.25, 0.3) is 32.3 Å². The number of benzene rings is 4. The number of hydrogen-bond donors (Lipinski definition) is 0. The Kier molecular flexibility index (Phi) is 3.73. The first kappa shape index (κ1) is 18.1. The molecule has 2 heterocycles. The Morgan fingerprint density at radius 1 is 0.581 bits per heavy atom. The van der Waals surface area contributed by atoms with Gasteiger partial charge in [-0.15, -0.1) is 0 Å². The lowest BCUT2D eigenvalue weighted by atomic mass is 9.81. The topological polar surface area (TPSA) is 13.1 Å². The third kappa shape index (κ3) is 2.66. The normalized spacial score (nSPS) is 12.4. The van der Waals surface area contributed by atoms with Crippen LogP contribution < -0.4 is 5.12 Å². The molecular weight excluding hydrogens is 378 g/mol. The average Bonchev–Trinajstić information content (AvgIpc) is 3.47. The summed E-state index contributed by atoms with van der Waals surface area (Å²) in [6.45, 7) is 6.89. The predicted octanol–water partition coefficient (Wildman–Crippen LogP) is 7.22. The highest BCUT2D eigenvalue weighted by atomic mass is 15.8. The third-order valence-corrected chi connectivity index (χ3v) is 6.28. The van der Waals surface area contributed by atoms with Crippen molar-refractivity contribution >= 4 is 38.0 Å². The average molecular weight is 404 g/mol. The van der Waals surface area contributed by atoms with Gasteiger partial charge in [-0.05, 0) is 68.2 Å². The molecule has 31 heavy (non-hydrogen) atoms. The molecule has 0 N–H and O–H groups in total. The van der Waals surface area contributed by atoms with Crippen LogP contribution in [-0.2, 0) is 5.41 Å². The van der Waals surface area contributed by atoms with Crippen molar-refractivity contribution in [3.8, 4) is 0 Å². The lowest BCUT2D eigenvalue weighted by Gasteiger charge is -2.29. The molecule has 6 rings (SSSR count). The van der Waals surface area contributed by atoms with E-state index in [0.29, 0.717) is 0 Å². The van der Waals surface area contributed by atoms with E-state index >= 15 is 0 Å². The van der Waals surface area contributed by atoms with Crippen LogP contribution in [0, 0.1) is 0 Å². The number of hydrogen-bond acceptors (Lipinski definition) is 1. The van der Waals surface area contributed by atoms with Crippen molar-refractivity contribution in [1.29, 1.82) is 0 Å². The molecule has 0 atom stereocenters. The van der Waals surface area contributed by atoms with Crippen molar-refractivity contribution < 1.29 is 0 Å². The Balaban J connectivity index is 1.73. The van der Waals surface area contributed by atoms with E-state index in [9.17, 15) is 0 Å². The Morgan fingerprint density at radius 3 is 1.65 bits per heavy atom. The fourth-order valence-electron chi connectivity index (χ4n) is 4.89. The number of nitrogens with zero attached hydrogens (tertiary/aromatic N) is 3. The molecule has 152 valence electrons. The lowest BCUT2D eigenvalue weighted by molar-refractivity contribution is 0.596. The van der Waals surface area contributed by atoms with Crippen LogP contribution >= 0.6 is 0 Å². The first-order chi connectivity index (χ1) is 15.0. The van der Waals surface area contributed by atoms with Crippen molar-refractivity contribution in [3.05, 3.63) is 103 Å². The van der Waals surface area contributed by atoms with Crippen LogP contribution in [-0.4, -0.2) is 9.35 Å². The highest BCUT2D eigenvalue weighted by Gasteiger charge is 2.21. The molecule has 3 heteroatoms. The highest BCUT2D eigenvalue weighted by molar-refractivity contribution is 6.25. The molecule has 0 aliphatic rings. The highest BCUT2D eigenvalue weighted by Crippen LogP contribution is 2.42. The van der Waals surface area contributed by atoms with Gasteiger partial charge in [-0.1, -0.05) is 63.2 Å². The molecule has 0 fully saturated rings. The van der Waals surface area contributed by atoms with Gasteiger partial charge in [-0.25, -0.2) is 9.35 Å². The zero-order chi connectivity index (χ0) is 21.2. The molecule has 3 nitrogen and oxygen atoms in total. The molecule has 0 bridgehead atoms. The molecule has 0 amide bonds. The summed E-state index contributed by atoms with van der Waals surface area (Å²) in [7, 11) is 0. The van der Waals surface area contributed by atoms with Gasteiger partial charge in [-0.3, -0.25) is 0 Å². The summed E-state index contributed by atoms with van der Waals surface area (Å²) in [6.07, 6.45) is 8.32.